The van der Waals surface area contributed by atoms with E-state index in [9.17, 15) is 74.5 Å². The van der Waals surface area contributed by atoms with E-state index in [1.165, 1.54) is 12.2 Å². The number of imide groups is 1. The number of aliphatic imine (C=N–C) groups is 2. The average molecular weight is 1640 g/mol. The number of hydrogen-bond acceptors (Lipinski definition) is 17. The number of unbranched alkanes of at least 4 members (excludes halogenated alkanes) is 7. The fourth-order valence-electron chi connectivity index (χ4n) is 18.7. The molecule has 9 heterocycles. The Morgan fingerprint density at radius 1 is 0.464 bits per heavy atom. The van der Waals surface area contributed by atoms with Gasteiger partial charge in [0, 0.05) is 25.2 Å². The second kappa shape index (κ2) is 30.2. The van der Waals surface area contributed by atoms with Gasteiger partial charge in [-0.25, -0.2) is 0 Å². The summed E-state index contributed by atoms with van der Waals surface area (Å²) in [6, 6.07) is 33.5. The quantitative estimate of drug-likeness (QED) is 0.00789. The number of nitrogens with one attached hydrogen (secondary N) is 1. The van der Waals surface area contributed by atoms with E-state index in [2.05, 4.69) is 104 Å². The van der Waals surface area contributed by atoms with Gasteiger partial charge < -0.3 is 5.32 Å². The molecular weight excluding hydrogens is 1540 g/mol. The molecule has 29 nitrogen and oxygen atoms in total. The third kappa shape index (κ3) is 15.1. The van der Waals surface area contributed by atoms with E-state index in [1.54, 1.807) is 0 Å². The predicted octanol–water partition coefficient (Wildman–Crippen LogP) is 8.26. The van der Waals surface area contributed by atoms with Crippen LogP contribution in [0, 0.1) is 0 Å². The zero-order valence-corrected chi connectivity index (χ0v) is 69.4. The summed E-state index contributed by atoms with van der Waals surface area (Å²) in [7, 11) is -31.9. The first-order chi connectivity index (χ1) is 52.0. The SMILES string of the molecule is CCCC[N+](CCCCS(=O)(=O)O)(CCCCS(=O)(=O)O)CCC[Si](C)(C)O[Si-2]123(O[Si](C)(C)CCC[N+](CCCCCC(=O)NCCN4C(=O)C=CC4=O)(CCCCS(=O)(=O)O)CCCCS(=O)(=O)O)n4c5c6ccccc6c4N=C4c6ccccc6C(=[N+]41)N=c1c4ccccc4c(n12)=NC1=[N+]3C(=N5)c2ccccc21. The molecule has 110 heavy (non-hydrogen) atoms. The number of quaternary nitrogens is 2. The number of carbonyl (C=O) groups excluding carboxylic acids is 3. The second-order valence-electron chi connectivity index (χ2n) is 32.0. The Bertz CT molecular complexity index is 5270. The number of benzene rings is 4. The Hall–Kier alpha value is -7.28. The van der Waals surface area contributed by atoms with E-state index >= 15 is 0 Å². The number of nitrogens with zero attached hydrogens (tertiary/aromatic N) is 11. The van der Waals surface area contributed by atoms with Crippen LogP contribution in [0.25, 0.3) is 21.5 Å². The molecule has 0 saturated heterocycles. The molecule has 5 N–H and O–H groups in total. The molecule has 4 aromatic carbocycles. The van der Waals surface area contributed by atoms with Crippen LogP contribution in [-0.2, 0) is 63.1 Å². The summed E-state index contributed by atoms with van der Waals surface area (Å²) in [5.41, 5.74) is 4.26. The van der Waals surface area contributed by atoms with Crippen molar-refractivity contribution in [2.24, 2.45) is 20.0 Å². The number of fused-ring (bicyclic) bond motifs is 12. The fourth-order valence-corrected chi connectivity index (χ4v) is 43.2. The Labute approximate surface area is 644 Å². The number of amides is 3. The Morgan fingerprint density at radius 3 is 1.21 bits per heavy atom. The summed E-state index contributed by atoms with van der Waals surface area (Å²) in [4.78, 5) is 62.4. The van der Waals surface area contributed by atoms with Crippen molar-refractivity contribution in [1.82, 2.24) is 18.7 Å². The zero-order valence-electron chi connectivity index (χ0n) is 63.2. The first-order valence-corrected chi connectivity index (χ1v) is 53.8. The third-order valence-electron chi connectivity index (χ3n) is 23.2. The molecule has 6 aromatic rings. The van der Waals surface area contributed by atoms with Crippen LogP contribution in [0.15, 0.2) is 129 Å². The molecule has 0 radical (unpaired) electrons. The summed E-state index contributed by atoms with van der Waals surface area (Å²) < 4.78 is 167. The molecular formula is C74H102N12O17S4Si3+2. The summed E-state index contributed by atoms with van der Waals surface area (Å²) in [6.07, 6.45) is 9.39. The molecule has 594 valence electrons. The summed E-state index contributed by atoms with van der Waals surface area (Å²) in [5.74, 6) is 0.425. The molecule has 7 aliphatic heterocycles. The molecule has 7 aliphatic rings. The van der Waals surface area contributed by atoms with Gasteiger partial charge in [-0.2, -0.15) is 0 Å². The third-order valence-corrected chi connectivity index (χ3v) is 43.0. The molecule has 3 amide bonds. The summed E-state index contributed by atoms with van der Waals surface area (Å²) in [5, 5.41) is 5.99. The van der Waals surface area contributed by atoms with Crippen LogP contribution in [0.2, 0.25) is 38.3 Å². The minimum absolute atomic E-state index is 0.0290. The van der Waals surface area contributed by atoms with Gasteiger partial charge in [0.25, 0.3) is 11.8 Å². The monoisotopic (exact) mass is 1640 g/mol. The van der Waals surface area contributed by atoms with Crippen LogP contribution < -0.4 is 16.3 Å². The number of carbonyl (C=O) groups is 3. The molecule has 2 aromatic heterocycles. The number of amidine groups is 4. The van der Waals surface area contributed by atoms with Crippen molar-refractivity contribution in [3.05, 3.63) is 142 Å². The van der Waals surface area contributed by atoms with Crippen molar-refractivity contribution in [3.63, 3.8) is 0 Å². The normalized spacial score (nSPS) is 17.8. The van der Waals surface area contributed by atoms with Gasteiger partial charge >= 0.3 is 587 Å². The maximum atomic E-state index is 13.2. The number of rotatable bonds is 44. The second-order valence-corrected chi connectivity index (χ2v) is 52.6. The van der Waals surface area contributed by atoms with Crippen molar-refractivity contribution < 1.29 is 91.9 Å². The number of aromatic nitrogens is 2. The predicted molar refractivity (Wildman–Crippen MR) is 427 cm³/mol. The molecule has 0 aliphatic carbocycles. The summed E-state index contributed by atoms with van der Waals surface area (Å²) >= 11 is 0. The van der Waals surface area contributed by atoms with Crippen molar-refractivity contribution in [3.8, 4) is 0 Å². The van der Waals surface area contributed by atoms with E-state index in [0.717, 1.165) is 61.5 Å². The van der Waals surface area contributed by atoms with Crippen LogP contribution in [-0.4, -0.2) is 237 Å². The van der Waals surface area contributed by atoms with Crippen LogP contribution in [0.1, 0.15) is 132 Å². The standard InChI is InChI=1S/C74H100N12O17S4Si3/c1-6-7-42-85(44-19-23-50-104(90,91)92,45-20-24-51-105(93,94)95)48-27-54-108(2,3)102-110(103-109(4,5)55-28-49-86(46-21-25-52-106(96,97)98,47-22-26-53-107(99,100)101)43-18-8-9-37-64(87)75-40-41-80-65(88)38-39-66(80)89)81-67-56-29-10-11-30-57(56)68(81)77-70-60-33-14-15-34-61(60)72(83(70)110)79-74-63-36-17-16-35-62(63)73(84(74)110)78-71-59-32-13-12-31-58(59)69(76-67)82(71)110/h10-17,29-36,38-39H,6-9,18-28,37,40-55H2,1-5H3,(H3-2,75,87,90,91,92,93,94,95,96,97,98,99,100,101)/p+2. The van der Waals surface area contributed by atoms with E-state index in [-0.39, 0.29) is 51.1 Å². The van der Waals surface area contributed by atoms with Gasteiger partial charge in [-0.3, -0.25) is 19.3 Å². The van der Waals surface area contributed by atoms with Crippen LogP contribution in [0.5, 0.6) is 0 Å². The molecule has 0 unspecified atom stereocenters. The van der Waals surface area contributed by atoms with Gasteiger partial charge in [0.1, 0.15) is 0 Å². The summed E-state index contributed by atoms with van der Waals surface area (Å²) in [6.45, 7) is 15.4. The van der Waals surface area contributed by atoms with Gasteiger partial charge in [0.05, 0.1) is 0 Å². The van der Waals surface area contributed by atoms with Gasteiger partial charge in [-0.1, -0.05) is 0 Å². The van der Waals surface area contributed by atoms with E-state index < -0.39 is 99.7 Å². The van der Waals surface area contributed by atoms with Gasteiger partial charge in [-0.15, -0.1) is 0 Å². The maximum absolute atomic E-state index is 13.2. The van der Waals surface area contributed by atoms with Gasteiger partial charge in [-0.05, 0) is 0 Å². The molecule has 0 atom stereocenters. The first kappa shape index (κ1) is 80.8. The average Bonchev–Trinajstić information content (AvgIpc) is 1.30. The van der Waals surface area contributed by atoms with Crippen molar-refractivity contribution in [1.29, 1.82) is 0 Å². The molecule has 1 spiro atoms. The first-order valence-electron chi connectivity index (χ1n) is 38.5. The Balaban J connectivity index is 0.976. The molecule has 13 rings (SSSR count). The molecule has 0 bridgehead atoms. The van der Waals surface area contributed by atoms with Crippen molar-refractivity contribution >= 4 is 139 Å². The molecule has 0 fully saturated rings. The van der Waals surface area contributed by atoms with E-state index in [1.807, 2.05) is 48.5 Å². The number of hydrogen-bond donors (Lipinski definition) is 5. The van der Waals surface area contributed by atoms with Gasteiger partial charge in [0.2, 0.25) is 0 Å². The van der Waals surface area contributed by atoms with Crippen LogP contribution >= 0.6 is 0 Å². The Kier molecular flexibility index (Phi) is 22.2. The van der Waals surface area contributed by atoms with Gasteiger partial charge in [0.15, 0.2) is 0 Å². The minimum atomic E-state index is -7.35. The molecule has 36 heteroatoms. The van der Waals surface area contributed by atoms with E-state index in [4.69, 9.17) is 20.0 Å². The van der Waals surface area contributed by atoms with Crippen molar-refractivity contribution in [2.75, 3.05) is 88.5 Å². The van der Waals surface area contributed by atoms with Crippen molar-refractivity contribution in [2.45, 2.75) is 148 Å². The fraction of sp³-hybridized carbons (Fsp3) is 0.500. The zero-order chi connectivity index (χ0) is 78.6. The van der Waals surface area contributed by atoms with Crippen LogP contribution in [0.4, 0.5) is 11.6 Å². The van der Waals surface area contributed by atoms with Crippen LogP contribution in [0.3, 0.4) is 0 Å². The van der Waals surface area contributed by atoms with E-state index in [0.29, 0.717) is 177 Å². The Morgan fingerprint density at radius 2 is 0.818 bits per heavy atom. The topological polar surface area (TPSA) is 368 Å². The molecule has 0 saturated carbocycles.